The van der Waals surface area contributed by atoms with Crippen LogP contribution in [0.5, 0.6) is 0 Å². The minimum absolute atomic E-state index is 0.0452. The van der Waals surface area contributed by atoms with Crippen molar-refractivity contribution in [3.63, 3.8) is 0 Å². The van der Waals surface area contributed by atoms with E-state index >= 15 is 0 Å². The first-order valence-corrected chi connectivity index (χ1v) is 7.03. The Kier molecular flexibility index (Phi) is 3.04. The summed E-state index contributed by atoms with van der Waals surface area (Å²) in [5.74, 6) is -0.0118. The van der Waals surface area contributed by atoms with Crippen LogP contribution >= 0.6 is 0 Å². The number of benzene rings is 1. The van der Waals surface area contributed by atoms with E-state index in [1.807, 2.05) is 12.1 Å². The number of carbonyl (C=O) groups excluding carboxylic acids is 2. The number of rotatable bonds is 2. The predicted molar refractivity (Wildman–Crippen MR) is 74.2 cm³/mol. The molecule has 20 heavy (non-hydrogen) atoms. The zero-order valence-electron chi connectivity index (χ0n) is 11.8. The van der Waals surface area contributed by atoms with E-state index in [2.05, 4.69) is 17.4 Å². The minimum atomic E-state index is -0.873. The Morgan fingerprint density at radius 3 is 2.80 bits per heavy atom. The van der Waals surface area contributed by atoms with Crippen LogP contribution in [0.25, 0.3) is 0 Å². The fraction of sp³-hybridized carbons (Fsp3) is 0.500. The van der Waals surface area contributed by atoms with Crippen molar-refractivity contribution in [3.05, 3.63) is 35.4 Å². The molecule has 1 saturated carbocycles. The second-order valence-corrected chi connectivity index (χ2v) is 5.82. The lowest BCUT2D eigenvalue weighted by Gasteiger charge is -2.55. The van der Waals surface area contributed by atoms with Crippen LogP contribution in [0, 0.1) is 5.92 Å². The third-order valence-electron chi connectivity index (χ3n) is 4.71. The van der Waals surface area contributed by atoms with Gasteiger partial charge in [0.1, 0.15) is 5.54 Å². The van der Waals surface area contributed by atoms with Crippen molar-refractivity contribution in [2.45, 2.75) is 37.6 Å². The van der Waals surface area contributed by atoms with Crippen LogP contribution in [-0.4, -0.2) is 24.5 Å². The van der Waals surface area contributed by atoms with Crippen LogP contribution in [0.1, 0.15) is 36.8 Å². The van der Waals surface area contributed by atoms with Gasteiger partial charge in [0.25, 0.3) is 0 Å². The average molecular weight is 273 g/mol. The number of ether oxygens (including phenoxy) is 1. The van der Waals surface area contributed by atoms with Crippen molar-refractivity contribution in [1.29, 1.82) is 0 Å². The van der Waals surface area contributed by atoms with Gasteiger partial charge in [-0.05, 0) is 36.3 Å². The van der Waals surface area contributed by atoms with Crippen LogP contribution in [0.15, 0.2) is 24.3 Å². The van der Waals surface area contributed by atoms with Crippen LogP contribution in [0.4, 0.5) is 0 Å². The van der Waals surface area contributed by atoms with Gasteiger partial charge in [-0.2, -0.15) is 0 Å². The van der Waals surface area contributed by atoms with E-state index < -0.39 is 5.54 Å². The van der Waals surface area contributed by atoms with E-state index in [0.29, 0.717) is 12.3 Å². The predicted octanol–water partition coefficient (Wildman–Crippen LogP) is 1.78. The molecule has 0 aromatic heterocycles. The lowest BCUT2D eigenvalue weighted by atomic mass is 9.52. The van der Waals surface area contributed by atoms with Crippen molar-refractivity contribution in [2.24, 2.45) is 5.92 Å². The maximum atomic E-state index is 12.3. The molecule has 0 aliphatic heterocycles. The second kappa shape index (κ2) is 4.62. The number of fused-ring (bicyclic) bond motifs is 3. The Balaban J connectivity index is 2.03. The van der Waals surface area contributed by atoms with Gasteiger partial charge in [0.2, 0.25) is 5.91 Å². The molecule has 0 spiro atoms. The van der Waals surface area contributed by atoms with Crippen molar-refractivity contribution < 1.29 is 14.3 Å². The highest BCUT2D eigenvalue weighted by atomic mass is 16.5. The Morgan fingerprint density at radius 1 is 1.35 bits per heavy atom. The highest BCUT2D eigenvalue weighted by Gasteiger charge is 2.61. The van der Waals surface area contributed by atoms with E-state index in [1.54, 1.807) is 0 Å². The van der Waals surface area contributed by atoms with E-state index in [-0.39, 0.29) is 17.8 Å². The third-order valence-corrected chi connectivity index (χ3v) is 4.71. The fourth-order valence-electron chi connectivity index (χ4n) is 3.98. The van der Waals surface area contributed by atoms with Crippen LogP contribution in [0.2, 0.25) is 0 Å². The summed E-state index contributed by atoms with van der Waals surface area (Å²) in [4.78, 5) is 23.8. The minimum Gasteiger partial charge on any atom is -0.467 e. The van der Waals surface area contributed by atoms with Gasteiger partial charge >= 0.3 is 5.97 Å². The van der Waals surface area contributed by atoms with E-state index in [0.717, 1.165) is 12.8 Å². The first kappa shape index (κ1) is 13.2. The van der Waals surface area contributed by atoms with Gasteiger partial charge < -0.3 is 10.1 Å². The molecule has 106 valence electrons. The normalized spacial score (nSPS) is 30.5. The summed E-state index contributed by atoms with van der Waals surface area (Å²) >= 11 is 0. The summed E-state index contributed by atoms with van der Waals surface area (Å²) in [6.07, 6.45) is 2.80. The lowest BCUT2D eigenvalue weighted by Crippen LogP contribution is -2.68. The summed E-state index contributed by atoms with van der Waals surface area (Å²) in [6, 6.07) is 8.20. The fourth-order valence-corrected chi connectivity index (χ4v) is 3.98. The molecule has 0 bridgehead atoms. The first-order valence-electron chi connectivity index (χ1n) is 7.03. The van der Waals surface area contributed by atoms with E-state index in [4.69, 9.17) is 4.74 Å². The largest absolute Gasteiger partial charge is 0.467 e. The summed E-state index contributed by atoms with van der Waals surface area (Å²) < 4.78 is 4.97. The van der Waals surface area contributed by atoms with Gasteiger partial charge in [-0.1, -0.05) is 24.3 Å². The lowest BCUT2D eigenvalue weighted by molar-refractivity contribution is -0.160. The molecule has 3 atom stereocenters. The molecule has 1 aromatic carbocycles. The maximum absolute atomic E-state index is 12.3. The topological polar surface area (TPSA) is 55.4 Å². The van der Waals surface area contributed by atoms with E-state index in [9.17, 15) is 9.59 Å². The van der Waals surface area contributed by atoms with Gasteiger partial charge in [-0.3, -0.25) is 4.79 Å². The van der Waals surface area contributed by atoms with Gasteiger partial charge in [0, 0.05) is 12.8 Å². The zero-order chi connectivity index (χ0) is 14.3. The molecular formula is C16H19NO3. The van der Waals surface area contributed by atoms with Gasteiger partial charge in [-0.25, -0.2) is 4.79 Å². The smallest absolute Gasteiger partial charge is 0.332 e. The van der Waals surface area contributed by atoms with Gasteiger partial charge in [-0.15, -0.1) is 0 Å². The summed E-state index contributed by atoms with van der Waals surface area (Å²) in [6.45, 7) is 1.45. The molecule has 2 aliphatic rings. The standard InChI is InChI=1S/C16H19NO3/c1-10(18)17-16(15(19)20-2)9-12-8-7-11-5-3-4-6-13(11)14(12)16/h3-6,12,14H,7-9H2,1-2H3,(H,17,18)/t12-,14+,16-/m0/s1. The molecule has 4 heteroatoms. The highest BCUT2D eigenvalue weighted by molar-refractivity contribution is 5.90. The number of hydrogen-bond acceptors (Lipinski definition) is 3. The van der Waals surface area contributed by atoms with Crippen LogP contribution < -0.4 is 5.32 Å². The molecule has 1 fully saturated rings. The van der Waals surface area contributed by atoms with Crippen LogP contribution in [0.3, 0.4) is 0 Å². The van der Waals surface area contributed by atoms with Gasteiger partial charge in [0.05, 0.1) is 7.11 Å². The molecule has 0 unspecified atom stereocenters. The number of carbonyl (C=O) groups is 2. The molecule has 3 rings (SSSR count). The number of amides is 1. The summed E-state index contributed by atoms with van der Waals surface area (Å²) in [5, 5.41) is 2.87. The third kappa shape index (κ3) is 1.74. The molecule has 0 heterocycles. The Bertz CT molecular complexity index is 569. The Labute approximate surface area is 118 Å². The molecule has 0 radical (unpaired) electrons. The van der Waals surface area contributed by atoms with Crippen molar-refractivity contribution in [2.75, 3.05) is 7.11 Å². The van der Waals surface area contributed by atoms with Crippen molar-refractivity contribution in [1.82, 2.24) is 5.32 Å². The number of esters is 1. The molecule has 0 saturated heterocycles. The molecule has 4 nitrogen and oxygen atoms in total. The number of methoxy groups -OCH3 is 1. The molecular weight excluding hydrogens is 254 g/mol. The second-order valence-electron chi connectivity index (χ2n) is 5.82. The SMILES string of the molecule is COC(=O)[C@]1(NC(C)=O)C[C@@H]2CCc3ccccc3[C@@H]21. The summed E-state index contributed by atoms with van der Waals surface area (Å²) in [5.41, 5.74) is 1.60. The number of nitrogens with one attached hydrogen (secondary N) is 1. The number of aryl methyl sites for hydroxylation is 1. The molecule has 1 amide bonds. The molecule has 1 N–H and O–H groups in total. The van der Waals surface area contributed by atoms with Gasteiger partial charge in [0.15, 0.2) is 0 Å². The van der Waals surface area contributed by atoms with Crippen molar-refractivity contribution in [3.8, 4) is 0 Å². The molecule has 2 aliphatic carbocycles. The summed E-state index contributed by atoms with van der Waals surface area (Å²) in [7, 11) is 1.38. The quantitative estimate of drug-likeness (QED) is 0.836. The monoisotopic (exact) mass is 273 g/mol. The van der Waals surface area contributed by atoms with Crippen LogP contribution in [-0.2, 0) is 20.7 Å². The Morgan fingerprint density at radius 2 is 2.10 bits per heavy atom. The zero-order valence-corrected chi connectivity index (χ0v) is 11.8. The molecule has 1 aromatic rings. The highest BCUT2D eigenvalue weighted by Crippen LogP contribution is 2.56. The average Bonchev–Trinajstić information content (AvgIpc) is 2.42. The van der Waals surface area contributed by atoms with E-state index in [1.165, 1.54) is 25.2 Å². The first-order chi connectivity index (χ1) is 9.58. The number of hydrogen-bond donors (Lipinski definition) is 1. The van der Waals surface area contributed by atoms with Crippen molar-refractivity contribution >= 4 is 11.9 Å². The Hall–Kier alpha value is -1.84. The maximum Gasteiger partial charge on any atom is 0.332 e.